The second-order valence-electron chi connectivity index (χ2n) is 6.81. The predicted octanol–water partition coefficient (Wildman–Crippen LogP) is 3.41. The van der Waals surface area contributed by atoms with Crippen molar-refractivity contribution in [3.8, 4) is 6.07 Å². The van der Waals surface area contributed by atoms with E-state index in [1.807, 2.05) is 34.9 Å². The summed E-state index contributed by atoms with van der Waals surface area (Å²) >= 11 is 0. The van der Waals surface area contributed by atoms with Gasteiger partial charge in [-0.1, -0.05) is 39.0 Å². The average Bonchev–Trinajstić information content (AvgIpc) is 2.80. The monoisotopic (exact) mass is 308 g/mol. The van der Waals surface area contributed by atoms with E-state index in [2.05, 4.69) is 31.9 Å². The average molecular weight is 308 g/mol. The van der Waals surface area contributed by atoms with Gasteiger partial charge in [0.15, 0.2) is 0 Å². The molecule has 0 aliphatic carbocycles. The van der Waals surface area contributed by atoms with Crippen LogP contribution in [0.1, 0.15) is 37.7 Å². The highest BCUT2D eigenvalue weighted by Crippen LogP contribution is 2.27. The van der Waals surface area contributed by atoms with Crippen molar-refractivity contribution in [2.24, 2.45) is 10.5 Å². The van der Waals surface area contributed by atoms with Gasteiger partial charge in [-0.25, -0.2) is 5.01 Å². The molecule has 1 amide bonds. The number of hydrogen-bond donors (Lipinski definition) is 0. The van der Waals surface area contributed by atoms with Gasteiger partial charge in [0.2, 0.25) is 0 Å². The quantitative estimate of drug-likeness (QED) is 0.853. The van der Waals surface area contributed by atoms with Crippen LogP contribution in [0.5, 0.6) is 0 Å². The van der Waals surface area contributed by atoms with Crippen LogP contribution in [-0.4, -0.2) is 27.7 Å². The number of nitrogens with zero attached hydrogens (tertiary/aromatic N) is 4. The lowest BCUT2D eigenvalue weighted by Gasteiger charge is -2.23. The highest BCUT2D eigenvalue weighted by molar-refractivity contribution is 6.02. The molecule has 23 heavy (non-hydrogen) atoms. The van der Waals surface area contributed by atoms with Crippen LogP contribution in [0, 0.1) is 16.7 Å². The van der Waals surface area contributed by atoms with Crippen LogP contribution in [0.4, 0.5) is 0 Å². The third-order valence-electron chi connectivity index (χ3n) is 4.11. The van der Waals surface area contributed by atoms with Crippen molar-refractivity contribution in [3.63, 3.8) is 0 Å². The molecule has 0 radical (unpaired) electrons. The van der Waals surface area contributed by atoms with Gasteiger partial charge in [-0.3, -0.25) is 4.79 Å². The van der Waals surface area contributed by atoms with E-state index in [1.54, 1.807) is 0 Å². The number of carbonyl (C=O) groups is 1. The Bertz CT molecular complexity index is 833. The van der Waals surface area contributed by atoms with Crippen molar-refractivity contribution in [3.05, 3.63) is 36.0 Å². The minimum absolute atomic E-state index is 0.143. The summed E-state index contributed by atoms with van der Waals surface area (Å²) in [7, 11) is 0. The van der Waals surface area contributed by atoms with Crippen LogP contribution in [0.3, 0.4) is 0 Å². The molecule has 5 nitrogen and oxygen atoms in total. The molecule has 1 aliphatic rings. The summed E-state index contributed by atoms with van der Waals surface area (Å²) in [4.78, 5) is 12.9. The van der Waals surface area contributed by atoms with E-state index < -0.39 is 0 Å². The van der Waals surface area contributed by atoms with Gasteiger partial charge in [-0.05, 0) is 12.1 Å². The molecule has 0 saturated carbocycles. The molecular weight excluding hydrogens is 288 g/mol. The lowest BCUT2D eigenvalue weighted by atomic mass is 9.90. The second-order valence-corrected chi connectivity index (χ2v) is 6.81. The van der Waals surface area contributed by atoms with E-state index >= 15 is 0 Å². The fourth-order valence-electron chi connectivity index (χ4n) is 2.76. The van der Waals surface area contributed by atoms with Gasteiger partial charge in [0.25, 0.3) is 5.91 Å². The van der Waals surface area contributed by atoms with E-state index in [9.17, 15) is 4.79 Å². The summed E-state index contributed by atoms with van der Waals surface area (Å²) in [6.07, 6.45) is 0.271. The molecule has 2 aromatic rings. The number of fused-ring (bicyclic) bond motifs is 3. The minimum atomic E-state index is -0.155. The number of hydrazone groups is 1. The van der Waals surface area contributed by atoms with Crippen molar-refractivity contribution in [2.75, 3.05) is 6.54 Å². The number of benzene rings is 1. The summed E-state index contributed by atoms with van der Waals surface area (Å²) in [5.41, 5.74) is 2.45. The maximum absolute atomic E-state index is 12.9. The Balaban J connectivity index is 2.17. The molecule has 0 unspecified atom stereocenters. The van der Waals surface area contributed by atoms with Crippen LogP contribution in [-0.2, 0) is 6.54 Å². The molecule has 0 spiro atoms. The number of rotatable bonds is 2. The first-order valence-electron chi connectivity index (χ1n) is 7.77. The summed E-state index contributed by atoms with van der Waals surface area (Å²) in [5.74, 6) is -0.143. The largest absolute Gasteiger partial charge is 0.331 e. The summed E-state index contributed by atoms with van der Waals surface area (Å²) in [5, 5.41) is 15.9. The van der Waals surface area contributed by atoms with Crippen molar-refractivity contribution >= 4 is 22.5 Å². The number of carbonyl (C=O) groups excluding carboxylic acids is 1. The van der Waals surface area contributed by atoms with Gasteiger partial charge in [-0.2, -0.15) is 10.4 Å². The smallest absolute Gasteiger partial charge is 0.290 e. The molecule has 0 bridgehead atoms. The Hall–Kier alpha value is -2.61. The lowest BCUT2D eigenvalue weighted by Crippen LogP contribution is -2.29. The van der Waals surface area contributed by atoms with Crippen molar-refractivity contribution in [1.82, 2.24) is 9.58 Å². The molecule has 0 atom stereocenters. The maximum atomic E-state index is 12.9. The molecule has 0 saturated heterocycles. The normalized spacial score (nSPS) is 15.1. The highest BCUT2D eigenvalue weighted by atomic mass is 16.2. The van der Waals surface area contributed by atoms with Crippen LogP contribution in [0.2, 0.25) is 0 Å². The Morgan fingerprint density at radius 3 is 2.74 bits per heavy atom. The molecule has 1 aromatic heterocycles. The Morgan fingerprint density at radius 1 is 1.30 bits per heavy atom. The SMILES string of the molecule is CC(C)(C)C1=NN(CCC#N)C(=O)c2cc3ccccc3n2C1. The van der Waals surface area contributed by atoms with Gasteiger partial charge < -0.3 is 4.57 Å². The van der Waals surface area contributed by atoms with E-state index in [4.69, 9.17) is 5.26 Å². The third-order valence-corrected chi connectivity index (χ3v) is 4.11. The van der Waals surface area contributed by atoms with E-state index in [1.165, 1.54) is 5.01 Å². The molecule has 5 heteroatoms. The van der Waals surface area contributed by atoms with Crippen LogP contribution >= 0.6 is 0 Å². The Morgan fingerprint density at radius 2 is 2.04 bits per heavy atom. The van der Waals surface area contributed by atoms with Gasteiger partial charge in [0.1, 0.15) is 5.69 Å². The van der Waals surface area contributed by atoms with Crippen molar-refractivity contribution in [2.45, 2.75) is 33.7 Å². The zero-order valence-corrected chi connectivity index (χ0v) is 13.7. The molecule has 1 aromatic carbocycles. The number of para-hydroxylation sites is 1. The van der Waals surface area contributed by atoms with Crippen LogP contribution < -0.4 is 0 Å². The van der Waals surface area contributed by atoms with Crippen LogP contribution in [0.25, 0.3) is 10.9 Å². The first-order valence-corrected chi connectivity index (χ1v) is 7.77. The van der Waals surface area contributed by atoms with Gasteiger partial charge >= 0.3 is 0 Å². The lowest BCUT2D eigenvalue weighted by molar-refractivity contribution is 0.0758. The minimum Gasteiger partial charge on any atom is -0.331 e. The first-order chi connectivity index (χ1) is 10.9. The molecule has 0 fully saturated rings. The topological polar surface area (TPSA) is 61.4 Å². The third kappa shape index (κ3) is 2.72. The molecule has 3 rings (SSSR count). The predicted molar refractivity (Wildman–Crippen MR) is 90.1 cm³/mol. The van der Waals surface area contributed by atoms with Gasteiger partial charge in [-0.15, -0.1) is 0 Å². The maximum Gasteiger partial charge on any atom is 0.290 e. The van der Waals surface area contributed by atoms with E-state index in [-0.39, 0.29) is 17.7 Å². The zero-order valence-electron chi connectivity index (χ0n) is 13.7. The van der Waals surface area contributed by atoms with Crippen LogP contribution in [0.15, 0.2) is 35.4 Å². The number of nitriles is 1. The fraction of sp³-hybridized carbons (Fsp3) is 0.389. The van der Waals surface area contributed by atoms with Crippen molar-refractivity contribution in [1.29, 1.82) is 5.26 Å². The first kappa shape index (κ1) is 15.3. The summed E-state index contributed by atoms with van der Waals surface area (Å²) < 4.78 is 2.04. The summed E-state index contributed by atoms with van der Waals surface area (Å²) in [6, 6.07) is 12.0. The van der Waals surface area contributed by atoms with Gasteiger partial charge in [0, 0.05) is 16.3 Å². The van der Waals surface area contributed by atoms with Crippen molar-refractivity contribution < 1.29 is 4.79 Å². The molecule has 1 aliphatic heterocycles. The van der Waals surface area contributed by atoms with E-state index in [0.717, 1.165) is 16.6 Å². The molecular formula is C18H20N4O. The zero-order chi connectivity index (χ0) is 16.6. The van der Waals surface area contributed by atoms with E-state index in [0.29, 0.717) is 18.8 Å². The number of aromatic nitrogens is 1. The second kappa shape index (κ2) is 5.54. The van der Waals surface area contributed by atoms with Gasteiger partial charge in [0.05, 0.1) is 31.3 Å². The Labute approximate surface area is 135 Å². The highest BCUT2D eigenvalue weighted by Gasteiger charge is 2.30. The number of hydrogen-bond acceptors (Lipinski definition) is 3. The standard InChI is InChI=1S/C18H20N4O/c1-18(2,3)16-12-21-14-8-5-4-7-13(14)11-15(21)17(23)22(20-16)10-6-9-19/h4-5,7-8,11H,6,10,12H2,1-3H3. The fourth-order valence-corrected chi connectivity index (χ4v) is 2.76. The molecule has 118 valence electrons. The summed E-state index contributed by atoms with van der Waals surface area (Å²) in [6.45, 7) is 7.18. The molecule has 0 N–H and O–H groups in total. The molecule has 2 heterocycles. The number of amides is 1. The Kier molecular flexibility index (Phi) is 3.69.